The molecule has 0 amide bonds. The molecule has 3 nitrogen and oxygen atoms in total. The summed E-state index contributed by atoms with van der Waals surface area (Å²) in [5.74, 6) is -0.241. The first-order valence-corrected chi connectivity index (χ1v) is 5.86. The van der Waals surface area contributed by atoms with Gasteiger partial charge in [0.15, 0.2) is 0 Å². The standard InChI is InChI=1S/C12H16BrNO2/c1-12(2,3)11-8(7-10(15)16-4)5-6-9(13)14-11/h5-6H,7H2,1-4H3. The van der Waals surface area contributed by atoms with E-state index in [1.54, 1.807) is 0 Å². The van der Waals surface area contributed by atoms with Crippen LogP contribution in [-0.2, 0) is 21.4 Å². The summed E-state index contributed by atoms with van der Waals surface area (Å²) in [4.78, 5) is 15.7. The highest BCUT2D eigenvalue weighted by Gasteiger charge is 2.21. The Bertz CT molecular complexity index is 396. The number of ether oxygens (including phenoxy) is 1. The Morgan fingerprint density at radius 2 is 2.06 bits per heavy atom. The van der Waals surface area contributed by atoms with Crippen LogP contribution < -0.4 is 0 Å². The Kier molecular flexibility index (Phi) is 4.08. The normalized spacial score (nSPS) is 11.3. The van der Waals surface area contributed by atoms with Crippen molar-refractivity contribution in [2.24, 2.45) is 0 Å². The molecule has 0 aliphatic carbocycles. The second-order valence-electron chi connectivity index (χ2n) is 4.64. The maximum Gasteiger partial charge on any atom is 0.310 e. The summed E-state index contributed by atoms with van der Waals surface area (Å²) in [5.41, 5.74) is 1.75. The van der Waals surface area contributed by atoms with Gasteiger partial charge in [-0.25, -0.2) is 4.98 Å². The number of methoxy groups -OCH3 is 1. The Hall–Kier alpha value is -0.900. The minimum Gasteiger partial charge on any atom is -0.469 e. The van der Waals surface area contributed by atoms with Crippen LogP contribution >= 0.6 is 15.9 Å². The highest BCUT2D eigenvalue weighted by atomic mass is 79.9. The molecule has 1 aromatic heterocycles. The Morgan fingerprint density at radius 1 is 1.44 bits per heavy atom. The van der Waals surface area contributed by atoms with Gasteiger partial charge in [-0.2, -0.15) is 0 Å². The number of pyridine rings is 1. The van der Waals surface area contributed by atoms with Crippen LogP contribution in [0.4, 0.5) is 0 Å². The molecule has 0 saturated heterocycles. The predicted molar refractivity (Wildman–Crippen MR) is 66.4 cm³/mol. The fourth-order valence-corrected chi connectivity index (χ4v) is 1.79. The first kappa shape index (κ1) is 13.2. The molecule has 0 saturated carbocycles. The number of esters is 1. The summed E-state index contributed by atoms with van der Waals surface area (Å²) >= 11 is 3.34. The molecule has 88 valence electrons. The van der Waals surface area contributed by atoms with E-state index in [-0.39, 0.29) is 17.8 Å². The van der Waals surface area contributed by atoms with Gasteiger partial charge in [0.05, 0.1) is 19.2 Å². The molecule has 0 unspecified atom stereocenters. The van der Waals surface area contributed by atoms with Gasteiger partial charge in [-0.15, -0.1) is 0 Å². The zero-order valence-corrected chi connectivity index (χ0v) is 11.6. The third-order valence-corrected chi connectivity index (χ3v) is 2.66. The first-order valence-electron chi connectivity index (χ1n) is 5.07. The van der Waals surface area contributed by atoms with Crippen LogP contribution in [0.5, 0.6) is 0 Å². The molecule has 4 heteroatoms. The summed E-state index contributed by atoms with van der Waals surface area (Å²) < 4.78 is 5.46. The third-order valence-electron chi connectivity index (χ3n) is 2.22. The van der Waals surface area contributed by atoms with Crippen molar-refractivity contribution < 1.29 is 9.53 Å². The van der Waals surface area contributed by atoms with E-state index in [0.717, 1.165) is 15.9 Å². The van der Waals surface area contributed by atoms with Crippen LogP contribution in [0.2, 0.25) is 0 Å². The molecule has 0 spiro atoms. The minimum absolute atomic E-state index is 0.0901. The maximum absolute atomic E-state index is 11.3. The fourth-order valence-electron chi connectivity index (χ4n) is 1.48. The number of hydrogen-bond donors (Lipinski definition) is 0. The molecule has 0 atom stereocenters. The lowest BCUT2D eigenvalue weighted by Gasteiger charge is -2.21. The van der Waals surface area contributed by atoms with E-state index in [9.17, 15) is 4.79 Å². The zero-order chi connectivity index (χ0) is 12.3. The molecule has 0 aliphatic rings. The zero-order valence-electron chi connectivity index (χ0n) is 10.0. The monoisotopic (exact) mass is 285 g/mol. The average Bonchev–Trinajstić information content (AvgIpc) is 2.19. The molecule has 1 aromatic rings. The predicted octanol–water partition coefficient (Wildman–Crippen LogP) is 2.86. The van der Waals surface area contributed by atoms with Gasteiger partial charge in [-0.05, 0) is 27.6 Å². The number of hydrogen-bond acceptors (Lipinski definition) is 3. The molecule has 0 N–H and O–H groups in total. The van der Waals surface area contributed by atoms with Crippen molar-refractivity contribution in [1.82, 2.24) is 4.98 Å². The first-order chi connectivity index (χ1) is 7.34. The fraction of sp³-hybridized carbons (Fsp3) is 0.500. The Labute approximate surface area is 104 Å². The quantitative estimate of drug-likeness (QED) is 0.620. The second kappa shape index (κ2) is 4.95. The van der Waals surface area contributed by atoms with E-state index in [1.165, 1.54) is 7.11 Å². The molecular weight excluding hydrogens is 270 g/mol. The molecule has 0 radical (unpaired) electrons. The van der Waals surface area contributed by atoms with Gasteiger partial charge in [0.2, 0.25) is 0 Å². The van der Waals surface area contributed by atoms with Crippen molar-refractivity contribution in [3.05, 3.63) is 28.0 Å². The number of carbonyl (C=O) groups is 1. The topological polar surface area (TPSA) is 39.2 Å². The summed E-state index contributed by atoms with van der Waals surface area (Å²) in [7, 11) is 1.39. The van der Waals surface area contributed by atoms with Crippen LogP contribution in [0.1, 0.15) is 32.0 Å². The maximum atomic E-state index is 11.3. The van der Waals surface area contributed by atoms with E-state index in [0.29, 0.717) is 0 Å². The molecular formula is C12H16BrNO2. The Morgan fingerprint density at radius 3 is 2.56 bits per heavy atom. The largest absolute Gasteiger partial charge is 0.469 e. The number of halogens is 1. The summed E-state index contributed by atoms with van der Waals surface area (Å²) in [6, 6.07) is 3.75. The lowest BCUT2D eigenvalue weighted by Crippen LogP contribution is -2.19. The number of aromatic nitrogens is 1. The lowest BCUT2D eigenvalue weighted by molar-refractivity contribution is -0.139. The molecule has 0 bridgehead atoms. The third kappa shape index (κ3) is 3.30. The van der Waals surface area contributed by atoms with E-state index < -0.39 is 0 Å². The highest BCUT2D eigenvalue weighted by molar-refractivity contribution is 9.10. The van der Waals surface area contributed by atoms with Crippen molar-refractivity contribution in [2.75, 3.05) is 7.11 Å². The second-order valence-corrected chi connectivity index (χ2v) is 5.46. The van der Waals surface area contributed by atoms with Crippen LogP contribution in [0.15, 0.2) is 16.7 Å². The molecule has 16 heavy (non-hydrogen) atoms. The van der Waals surface area contributed by atoms with Crippen molar-refractivity contribution in [1.29, 1.82) is 0 Å². The van der Waals surface area contributed by atoms with Crippen molar-refractivity contribution in [3.63, 3.8) is 0 Å². The molecule has 1 rings (SSSR count). The van der Waals surface area contributed by atoms with Gasteiger partial charge in [-0.1, -0.05) is 26.8 Å². The highest BCUT2D eigenvalue weighted by Crippen LogP contribution is 2.26. The summed E-state index contributed by atoms with van der Waals surface area (Å²) in [6.45, 7) is 6.22. The molecule has 0 fully saturated rings. The molecule has 0 aromatic carbocycles. The smallest absolute Gasteiger partial charge is 0.310 e. The SMILES string of the molecule is COC(=O)Cc1ccc(Br)nc1C(C)(C)C. The van der Waals surface area contributed by atoms with Gasteiger partial charge in [0.1, 0.15) is 4.60 Å². The summed E-state index contributed by atoms with van der Waals surface area (Å²) in [5, 5.41) is 0. The van der Waals surface area contributed by atoms with Gasteiger partial charge in [-0.3, -0.25) is 4.79 Å². The van der Waals surface area contributed by atoms with Crippen molar-refractivity contribution >= 4 is 21.9 Å². The van der Waals surface area contributed by atoms with E-state index in [1.807, 2.05) is 12.1 Å². The number of rotatable bonds is 2. The number of carbonyl (C=O) groups excluding carboxylic acids is 1. The summed E-state index contributed by atoms with van der Waals surface area (Å²) in [6.07, 6.45) is 0.267. The molecule has 1 heterocycles. The van der Waals surface area contributed by atoms with Crippen LogP contribution in [-0.4, -0.2) is 18.1 Å². The van der Waals surface area contributed by atoms with E-state index in [4.69, 9.17) is 0 Å². The van der Waals surface area contributed by atoms with Crippen molar-refractivity contribution in [2.45, 2.75) is 32.6 Å². The minimum atomic E-state index is -0.241. The molecule has 0 aliphatic heterocycles. The van der Waals surface area contributed by atoms with Crippen LogP contribution in [0.3, 0.4) is 0 Å². The van der Waals surface area contributed by atoms with Crippen LogP contribution in [0.25, 0.3) is 0 Å². The lowest BCUT2D eigenvalue weighted by atomic mass is 9.87. The average molecular weight is 286 g/mol. The van der Waals surface area contributed by atoms with Gasteiger partial charge in [0.25, 0.3) is 0 Å². The number of nitrogens with zero attached hydrogens (tertiary/aromatic N) is 1. The Balaban J connectivity index is 3.13. The van der Waals surface area contributed by atoms with Gasteiger partial charge in [0, 0.05) is 5.41 Å². The van der Waals surface area contributed by atoms with Gasteiger partial charge < -0.3 is 4.74 Å². The van der Waals surface area contributed by atoms with E-state index >= 15 is 0 Å². The van der Waals surface area contributed by atoms with Gasteiger partial charge >= 0.3 is 5.97 Å². The van der Waals surface area contributed by atoms with Crippen molar-refractivity contribution in [3.8, 4) is 0 Å². The van der Waals surface area contributed by atoms with E-state index in [2.05, 4.69) is 46.4 Å². The van der Waals surface area contributed by atoms with Crippen LogP contribution in [0, 0.1) is 0 Å².